The third kappa shape index (κ3) is 6.70. The second kappa shape index (κ2) is 11.6. The molecule has 0 aliphatic heterocycles. The van der Waals surface area contributed by atoms with Gasteiger partial charge in [-0.2, -0.15) is 10.1 Å². The number of allylic oxidation sites excluding steroid dienone is 1. The first kappa shape index (κ1) is 27.1. The Hall–Kier alpha value is -2.92. The van der Waals surface area contributed by atoms with Crippen molar-refractivity contribution in [3.05, 3.63) is 48.8 Å². The van der Waals surface area contributed by atoms with Gasteiger partial charge in [-0.1, -0.05) is 30.4 Å². The third-order valence-corrected chi connectivity index (χ3v) is 7.91. The minimum Gasteiger partial charge on any atom is -0.462 e. The Morgan fingerprint density at radius 3 is 2.70 bits per heavy atom. The summed E-state index contributed by atoms with van der Waals surface area (Å²) in [6.45, 7) is 5.16. The van der Waals surface area contributed by atoms with Gasteiger partial charge in [-0.25, -0.2) is 14.5 Å². The fraction of sp³-hybridized carbons (Fsp3) is 0.417. The molecule has 3 aromatic rings. The summed E-state index contributed by atoms with van der Waals surface area (Å²) in [6, 6.07) is 7.73. The number of aromatic nitrogens is 4. The van der Waals surface area contributed by atoms with Crippen molar-refractivity contribution in [2.45, 2.75) is 50.4 Å². The van der Waals surface area contributed by atoms with Crippen LogP contribution in [0, 0.1) is 5.92 Å². The van der Waals surface area contributed by atoms with Crippen molar-refractivity contribution in [2.75, 3.05) is 18.6 Å². The number of ether oxygens (including phenoxy) is 1. The third-order valence-electron chi connectivity index (χ3n) is 5.59. The molecule has 4 atom stereocenters. The number of fused-ring (bicyclic) bond motifs is 1. The van der Waals surface area contributed by atoms with Gasteiger partial charge in [0, 0.05) is 5.92 Å². The topological polar surface area (TPSA) is 143 Å². The van der Waals surface area contributed by atoms with Crippen molar-refractivity contribution in [3.8, 4) is 5.75 Å². The van der Waals surface area contributed by atoms with Crippen LogP contribution in [0.3, 0.4) is 0 Å². The molecule has 4 rings (SSSR count). The first-order valence-electron chi connectivity index (χ1n) is 11.9. The Morgan fingerprint density at radius 2 is 2.00 bits per heavy atom. The monoisotopic (exact) mass is 546 g/mol. The van der Waals surface area contributed by atoms with Crippen LogP contribution in [0.25, 0.3) is 11.2 Å². The quantitative estimate of drug-likeness (QED) is 0.116. The van der Waals surface area contributed by atoms with Crippen molar-refractivity contribution in [1.82, 2.24) is 24.6 Å². The number of nitrogen functional groups attached to an aromatic ring is 1. The molecule has 198 valence electrons. The highest BCUT2D eigenvalue weighted by Crippen LogP contribution is 2.46. The van der Waals surface area contributed by atoms with Gasteiger partial charge in [0.1, 0.15) is 22.3 Å². The average Bonchev–Trinajstić information content (AvgIpc) is 3.49. The summed E-state index contributed by atoms with van der Waals surface area (Å²) >= 11 is 1.46. The number of rotatable bonds is 11. The maximum absolute atomic E-state index is 13.7. The van der Waals surface area contributed by atoms with Gasteiger partial charge >= 0.3 is 13.7 Å². The molecule has 37 heavy (non-hydrogen) atoms. The first-order valence-corrected chi connectivity index (χ1v) is 14.6. The largest absolute Gasteiger partial charge is 0.462 e. The standard InChI is InChI=1S/C24H31N6O5PS/c1-15(2)34-23(31)16(3)29-36(32,35-19-8-6-5-7-9-19)33-13-17-10-11-18(12-17)30-14-26-20-21(30)27-24(25)28-22(20)37-4/h5-11,14-18H,12-13H2,1-4H3,(H,29,32)(H2,25,27,28)/t16-,17+,18-,36-/m0/s1. The van der Waals surface area contributed by atoms with Crippen LogP contribution in [0.2, 0.25) is 0 Å². The lowest BCUT2D eigenvalue weighted by atomic mass is 10.1. The van der Waals surface area contributed by atoms with E-state index in [9.17, 15) is 9.36 Å². The second-order valence-electron chi connectivity index (χ2n) is 8.90. The summed E-state index contributed by atoms with van der Waals surface area (Å²) < 4.78 is 32.4. The van der Waals surface area contributed by atoms with Gasteiger partial charge in [0.25, 0.3) is 0 Å². The van der Waals surface area contributed by atoms with Gasteiger partial charge in [-0.3, -0.25) is 9.32 Å². The predicted octanol–water partition coefficient (Wildman–Crippen LogP) is 4.38. The van der Waals surface area contributed by atoms with E-state index in [2.05, 4.69) is 20.0 Å². The Balaban J connectivity index is 1.45. The molecule has 13 heteroatoms. The van der Waals surface area contributed by atoms with Gasteiger partial charge in [0.2, 0.25) is 5.95 Å². The minimum atomic E-state index is -3.93. The Labute approximate surface area is 219 Å². The van der Waals surface area contributed by atoms with E-state index in [0.717, 1.165) is 5.03 Å². The van der Waals surface area contributed by atoms with E-state index < -0.39 is 19.8 Å². The number of thioether (sulfide) groups is 1. The van der Waals surface area contributed by atoms with E-state index in [1.165, 1.54) is 11.8 Å². The Morgan fingerprint density at radius 1 is 1.24 bits per heavy atom. The maximum atomic E-state index is 13.7. The average molecular weight is 547 g/mol. The van der Waals surface area contributed by atoms with Gasteiger partial charge in [0.05, 0.1) is 25.1 Å². The van der Waals surface area contributed by atoms with Gasteiger partial charge in [0.15, 0.2) is 5.65 Å². The lowest BCUT2D eigenvalue weighted by Gasteiger charge is -2.24. The predicted molar refractivity (Wildman–Crippen MR) is 142 cm³/mol. The van der Waals surface area contributed by atoms with Crippen molar-refractivity contribution in [3.63, 3.8) is 0 Å². The minimum absolute atomic E-state index is 0.0371. The van der Waals surface area contributed by atoms with E-state index in [1.54, 1.807) is 51.4 Å². The van der Waals surface area contributed by atoms with Crippen molar-refractivity contribution in [1.29, 1.82) is 0 Å². The zero-order valence-corrected chi connectivity index (χ0v) is 22.8. The van der Waals surface area contributed by atoms with Crippen molar-refractivity contribution < 1.29 is 23.1 Å². The van der Waals surface area contributed by atoms with Crippen molar-refractivity contribution >= 4 is 42.6 Å². The van der Waals surface area contributed by atoms with Gasteiger partial charge in [-0.05, 0) is 45.6 Å². The van der Waals surface area contributed by atoms with Gasteiger partial charge in [-0.15, -0.1) is 11.8 Å². The summed E-state index contributed by atoms with van der Waals surface area (Å²) in [4.78, 5) is 25.5. The second-order valence-corrected chi connectivity index (χ2v) is 11.4. The normalized spacial score (nSPS) is 19.7. The molecule has 1 aliphatic carbocycles. The number of nitrogens with one attached hydrogen (secondary N) is 1. The van der Waals surface area contributed by atoms with Gasteiger partial charge < -0.3 is 19.6 Å². The highest BCUT2D eigenvalue weighted by Gasteiger charge is 2.34. The molecule has 0 unspecified atom stereocenters. The molecule has 0 fully saturated rings. The molecule has 0 saturated carbocycles. The van der Waals surface area contributed by atoms with Crippen LogP contribution in [0.4, 0.5) is 5.95 Å². The highest BCUT2D eigenvalue weighted by molar-refractivity contribution is 7.98. The van der Waals surface area contributed by atoms with Crippen LogP contribution in [0.15, 0.2) is 53.8 Å². The molecular formula is C24H31N6O5PS. The summed E-state index contributed by atoms with van der Waals surface area (Å²) in [7, 11) is -3.93. The molecule has 0 bridgehead atoms. The molecule has 11 nitrogen and oxygen atoms in total. The van der Waals surface area contributed by atoms with E-state index in [-0.39, 0.29) is 30.6 Å². The molecule has 1 aromatic carbocycles. The highest BCUT2D eigenvalue weighted by atomic mass is 32.2. The number of imidazole rings is 1. The summed E-state index contributed by atoms with van der Waals surface area (Å²) in [5, 5.41) is 3.44. The zero-order chi connectivity index (χ0) is 26.6. The van der Waals surface area contributed by atoms with E-state index >= 15 is 0 Å². The number of nitrogens with zero attached hydrogens (tertiary/aromatic N) is 4. The number of esters is 1. The van der Waals surface area contributed by atoms with Crippen LogP contribution < -0.4 is 15.3 Å². The number of hydrogen-bond acceptors (Lipinski definition) is 10. The van der Waals surface area contributed by atoms with Crippen LogP contribution in [-0.4, -0.2) is 50.5 Å². The first-order chi connectivity index (χ1) is 17.7. The molecule has 0 radical (unpaired) electrons. The molecule has 2 aromatic heterocycles. The lowest BCUT2D eigenvalue weighted by molar-refractivity contribution is -0.149. The lowest BCUT2D eigenvalue weighted by Crippen LogP contribution is -2.36. The molecular weight excluding hydrogens is 515 g/mol. The summed E-state index contributed by atoms with van der Waals surface area (Å²) in [6.07, 6.45) is 8.03. The van der Waals surface area contributed by atoms with E-state index in [4.69, 9.17) is 19.5 Å². The number of benzene rings is 1. The molecule has 1 aliphatic rings. The van der Waals surface area contributed by atoms with E-state index in [1.807, 2.05) is 29.0 Å². The Kier molecular flexibility index (Phi) is 8.53. The van der Waals surface area contributed by atoms with Crippen LogP contribution in [-0.2, 0) is 18.6 Å². The SMILES string of the molecule is CSc1nc(N)nc2c1ncn2[C@H]1C=C[C@@H](CO[P@@](=O)(N[C@@H](C)C(=O)OC(C)C)Oc2ccccc2)C1. The number of para-hydroxylation sites is 1. The fourth-order valence-electron chi connectivity index (χ4n) is 3.90. The number of anilines is 1. The number of nitrogens with two attached hydrogens (primary N) is 1. The zero-order valence-electron chi connectivity index (χ0n) is 21.1. The molecule has 0 saturated heterocycles. The smallest absolute Gasteiger partial charge is 0.459 e. The van der Waals surface area contributed by atoms with Crippen molar-refractivity contribution in [2.24, 2.45) is 5.92 Å². The van der Waals surface area contributed by atoms with Crippen LogP contribution >= 0.6 is 19.5 Å². The summed E-state index contributed by atoms with van der Waals surface area (Å²) in [5.41, 5.74) is 7.26. The molecule has 0 spiro atoms. The molecule has 2 heterocycles. The van der Waals surface area contributed by atoms with E-state index in [0.29, 0.717) is 23.3 Å². The van der Waals surface area contributed by atoms with Crippen LogP contribution in [0.1, 0.15) is 33.2 Å². The summed E-state index contributed by atoms with van der Waals surface area (Å²) in [5.74, 6) is -0.0618. The molecule has 3 N–H and O–H groups in total. The molecule has 0 amide bonds. The number of hydrogen-bond donors (Lipinski definition) is 2. The number of carbonyl (C=O) groups excluding carboxylic acids is 1. The Bertz CT molecular complexity index is 1320. The maximum Gasteiger partial charge on any atom is 0.459 e. The number of carbonyl (C=O) groups is 1. The van der Waals surface area contributed by atoms with Crippen LogP contribution in [0.5, 0.6) is 5.75 Å². The fourth-order valence-corrected chi connectivity index (χ4v) is 5.97.